The van der Waals surface area contributed by atoms with Crippen molar-refractivity contribution in [3.63, 3.8) is 0 Å². The zero-order chi connectivity index (χ0) is 14.6. The Balaban J connectivity index is 2.17. The van der Waals surface area contributed by atoms with Gasteiger partial charge in [0.15, 0.2) is 0 Å². The second-order valence-corrected chi connectivity index (χ2v) is 5.84. The van der Waals surface area contributed by atoms with E-state index in [1.54, 1.807) is 12.1 Å². The third-order valence-electron chi connectivity index (χ3n) is 3.18. The maximum absolute atomic E-state index is 8.89. The molecule has 0 saturated heterocycles. The summed E-state index contributed by atoms with van der Waals surface area (Å²) in [5.74, 6) is 0.729. The van der Waals surface area contributed by atoms with Gasteiger partial charge in [-0.1, -0.05) is 51.1 Å². The summed E-state index contributed by atoms with van der Waals surface area (Å²) in [6, 6.07) is 17.7. The molecule has 0 unspecified atom stereocenters. The first-order valence-electron chi connectivity index (χ1n) is 6.72. The molecule has 0 spiro atoms. The van der Waals surface area contributed by atoms with E-state index in [9.17, 15) is 0 Å². The predicted molar refractivity (Wildman–Crippen MR) is 80.6 cm³/mol. The molecule has 0 heterocycles. The zero-order valence-electron chi connectivity index (χ0n) is 12.2. The van der Waals surface area contributed by atoms with Crippen LogP contribution in [0.15, 0.2) is 48.5 Å². The number of hydrogen-bond acceptors (Lipinski definition) is 2. The number of benzene rings is 2. The van der Waals surface area contributed by atoms with Crippen molar-refractivity contribution in [3.8, 4) is 11.8 Å². The minimum Gasteiger partial charge on any atom is -0.489 e. The van der Waals surface area contributed by atoms with Crippen LogP contribution in [0.25, 0.3) is 0 Å². The Morgan fingerprint density at radius 3 is 2.50 bits per heavy atom. The zero-order valence-corrected chi connectivity index (χ0v) is 12.2. The molecular weight excluding hydrogens is 246 g/mol. The summed E-state index contributed by atoms with van der Waals surface area (Å²) in [6.07, 6.45) is 0. The highest BCUT2D eigenvalue weighted by atomic mass is 16.5. The molecule has 0 N–H and O–H groups in total. The first-order valence-corrected chi connectivity index (χ1v) is 6.72. The first kappa shape index (κ1) is 14.1. The van der Waals surface area contributed by atoms with Crippen LogP contribution in [-0.2, 0) is 12.0 Å². The highest BCUT2D eigenvalue weighted by molar-refractivity contribution is 5.37. The molecule has 0 bridgehead atoms. The topological polar surface area (TPSA) is 33.0 Å². The van der Waals surface area contributed by atoms with Crippen LogP contribution in [0.5, 0.6) is 5.75 Å². The number of nitrogens with zero attached hydrogens (tertiary/aromatic N) is 1. The van der Waals surface area contributed by atoms with Gasteiger partial charge >= 0.3 is 0 Å². The second-order valence-electron chi connectivity index (χ2n) is 5.84. The van der Waals surface area contributed by atoms with E-state index in [1.807, 2.05) is 18.2 Å². The van der Waals surface area contributed by atoms with E-state index in [0.717, 1.165) is 5.75 Å². The van der Waals surface area contributed by atoms with Crippen LogP contribution in [-0.4, -0.2) is 0 Å². The minimum absolute atomic E-state index is 0.0917. The smallest absolute Gasteiger partial charge is 0.121 e. The average Bonchev–Trinajstić information content (AvgIpc) is 2.44. The van der Waals surface area contributed by atoms with Gasteiger partial charge in [0.2, 0.25) is 0 Å². The highest BCUT2D eigenvalue weighted by Crippen LogP contribution is 2.26. The molecule has 0 aliphatic carbocycles. The van der Waals surface area contributed by atoms with Crippen molar-refractivity contribution in [3.05, 3.63) is 65.2 Å². The van der Waals surface area contributed by atoms with Crippen molar-refractivity contribution in [2.24, 2.45) is 0 Å². The van der Waals surface area contributed by atoms with Gasteiger partial charge in [0.25, 0.3) is 0 Å². The Bertz CT molecular complexity index is 632. The van der Waals surface area contributed by atoms with Gasteiger partial charge in [0.1, 0.15) is 12.4 Å². The van der Waals surface area contributed by atoms with E-state index in [4.69, 9.17) is 10.00 Å². The third kappa shape index (κ3) is 3.39. The largest absolute Gasteiger partial charge is 0.489 e. The number of hydrogen-bond donors (Lipinski definition) is 0. The predicted octanol–water partition coefficient (Wildman–Crippen LogP) is 4.43. The lowest BCUT2D eigenvalue weighted by Crippen LogP contribution is -2.15. The molecule has 0 fully saturated rings. The molecule has 102 valence electrons. The molecule has 20 heavy (non-hydrogen) atoms. The molecule has 2 nitrogen and oxygen atoms in total. The lowest BCUT2D eigenvalue weighted by molar-refractivity contribution is 0.302. The lowest BCUT2D eigenvalue weighted by Gasteiger charge is -2.23. The molecule has 2 rings (SSSR count). The van der Waals surface area contributed by atoms with Crippen LogP contribution < -0.4 is 4.74 Å². The average molecular weight is 265 g/mol. The van der Waals surface area contributed by atoms with Crippen LogP contribution in [0.3, 0.4) is 0 Å². The van der Waals surface area contributed by atoms with E-state index >= 15 is 0 Å². The maximum Gasteiger partial charge on any atom is 0.121 e. The van der Waals surface area contributed by atoms with Crippen molar-refractivity contribution in [2.45, 2.75) is 32.8 Å². The quantitative estimate of drug-likeness (QED) is 0.822. The maximum atomic E-state index is 8.89. The van der Waals surface area contributed by atoms with E-state index in [0.29, 0.717) is 12.2 Å². The van der Waals surface area contributed by atoms with Gasteiger partial charge in [0, 0.05) is 0 Å². The molecule has 2 aromatic carbocycles. The molecule has 0 aromatic heterocycles. The molecule has 0 atom stereocenters. The van der Waals surface area contributed by atoms with Crippen molar-refractivity contribution in [1.29, 1.82) is 5.26 Å². The van der Waals surface area contributed by atoms with Crippen molar-refractivity contribution >= 4 is 0 Å². The number of rotatable bonds is 3. The van der Waals surface area contributed by atoms with Gasteiger partial charge in [-0.15, -0.1) is 0 Å². The standard InChI is InChI=1S/C18H19NO/c1-18(2,3)17-10-5-4-8-15(17)13-20-16-9-6-7-14(11-16)12-19/h4-11H,13H2,1-3H3. The van der Waals surface area contributed by atoms with Crippen LogP contribution in [0, 0.1) is 11.3 Å². The lowest BCUT2D eigenvalue weighted by atomic mass is 9.84. The van der Waals surface area contributed by atoms with Crippen LogP contribution >= 0.6 is 0 Å². The molecular formula is C18H19NO. The van der Waals surface area contributed by atoms with Gasteiger partial charge in [-0.05, 0) is 34.7 Å². The van der Waals surface area contributed by atoms with Crippen molar-refractivity contribution < 1.29 is 4.74 Å². The SMILES string of the molecule is CC(C)(C)c1ccccc1COc1cccc(C#N)c1. The van der Waals surface area contributed by atoms with E-state index in [-0.39, 0.29) is 5.41 Å². The van der Waals surface area contributed by atoms with Gasteiger partial charge in [0.05, 0.1) is 11.6 Å². The summed E-state index contributed by atoms with van der Waals surface area (Å²) < 4.78 is 5.82. The summed E-state index contributed by atoms with van der Waals surface area (Å²) in [7, 11) is 0. The first-order chi connectivity index (χ1) is 9.50. The molecule has 0 radical (unpaired) electrons. The van der Waals surface area contributed by atoms with E-state index in [2.05, 4.69) is 45.0 Å². The van der Waals surface area contributed by atoms with Crippen LogP contribution in [0.4, 0.5) is 0 Å². The Morgan fingerprint density at radius 1 is 1.05 bits per heavy atom. The second kappa shape index (κ2) is 5.79. The summed E-state index contributed by atoms with van der Waals surface area (Å²) in [4.78, 5) is 0. The Labute approximate surface area is 120 Å². The Hall–Kier alpha value is -2.27. The molecule has 2 heteroatoms. The molecule has 0 amide bonds. The Morgan fingerprint density at radius 2 is 1.80 bits per heavy atom. The Kier molecular flexibility index (Phi) is 4.10. The number of nitriles is 1. The van der Waals surface area contributed by atoms with Crippen molar-refractivity contribution in [2.75, 3.05) is 0 Å². The van der Waals surface area contributed by atoms with E-state index in [1.165, 1.54) is 11.1 Å². The fourth-order valence-corrected chi connectivity index (χ4v) is 2.19. The monoisotopic (exact) mass is 265 g/mol. The van der Waals surface area contributed by atoms with Crippen molar-refractivity contribution in [1.82, 2.24) is 0 Å². The molecule has 0 aliphatic rings. The van der Waals surface area contributed by atoms with Gasteiger partial charge in [-0.2, -0.15) is 5.26 Å². The van der Waals surface area contributed by atoms with E-state index < -0.39 is 0 Å². The van der Waals surface area contributed by atoms with Crippen LogP contribution in [0.2, 0.25) is 0 Å². The van der Waals surface area contributed by atoms with Gasteiger partial charge < -0.3 is 4.74 Å². The molecule has 0 saturated carbocycles. The molecule has 2 aromatic rings. The summed E-state index contributed by atoms with van der Waals surface area (Å²) in [6.45, 7) is 7.11. The summed E-state index contributed by atoms with van der Waals surface area (Å²) >= 11 is 0. The molecule has 0 aliphatic heterocycles. The summed E-state index contributed by atoms with van der Waals surface area (Å²) in [5, 5.41) is 8.89. The third-order valence-corrected chi connectivity index (χ3v) is 3.18. The van der Waals surface area contributed by atoms with Crippen LogP contribution in [0.1, 0.15) is 37.5 Å². The normalized spacial score (nSPS) is 10.9. The van der Waals surface area contributed by atoms with Gasteiger partial charge in [-0.25, -0.2) is 0 Å². The highest BCUT2D eigenvalue weighted by Gasteiger charge is 2.17. The number of ether oxygens (including phenoxy) is 1. The minimum atomic E-state index is 0.0917. The van der Waals surface area contributed by atoms with Gasteiger partial charge in [-0.3, -0.25) is 0 Å². The fraction of sp³-hybridized carbons (Fsp3) is 0.278. The summed E-state index contributed by atoms with van der Waals surface area (Å²) in [5.41, 5.74) is 3.18. The fourth-order valence-electron chi connectivity index (χ4n) is 2.19.